The van der Waals surface area contributed by atoms with Crippen molar-refractivity contribution in [3.05, 3.63) is 12.3 Å². The molecule has 0 rings (SSSR count). The predicted octanol–water partition coefficient (Wildman–Crippen LogP) is -0.722. The zero-order chi connectivity index (χ0) is 10.3. The van der Waals surface area contributed by atoms with Crippen LogP contribution in [0.25, 0.3) is 0 Å². The largest absolute Gasteiger partial charge is 0.396 e. The summed E-state index contributed by atoms with van der Waals surface area (Å²) in [7, 11) is 5.61. The van der Waals surface area contributed by atoms with Crippen molar-refractivity contribution < 1.29 is 5.11 Å². The standard InChI is InChI=1S/C9H21N3O/c1-7(10-2)9(12-4)8(11-3)5-6-13/h8-13H,1,5-6H2,2-4H3. The van der Waals surface area contributed by atoms with Crippen LogP contribution in [0.5, 0.6) is 0 Å². The highest BCUT2D eigenvalue weighted by Crippen LogP contribution is 2.04. The number of nitrogens with one attached hydrogen (secondary N) is 3. The molecule has 13 heavy (non-hydrogen) atoms. The van der Waals surface area contributed by atoms with Crippen molar-refractivity contribution in [3.63, 3.8) is 0 Å². The van der Waals surface area contributed by atoms with Crippen molar-refractivity contribution in [2.75, 3.05) is 27.7 Å². The van der Waals surface area contributed by atoms with Gasteiger partial charge in [-0.15, -0.1) is 0 Å². The van der Waals surface area contributed by atoms with E-state index in [1.165, 1.54) is 0 Å². The minimum Gasteiger partial charge on any atom is -0.396 e. The number of hydrogen-bond acceptors (Lipinski definition) is 4. The molecule has 0 aromatic carbocycles. The molecule has 0 fully saturated rings. The minimum atomic E-state index is 0.141. The highest BCUT2D eigenvalue weighted by atomic mass is 16.3. The average Bonchev–Trinajstić information content (AvgIpc) is 2.17. The third-order valence-electron chi connectivity index (χ3n) is 2.22. The fraction of sp³-hybridized carbons (Fsp3) is 0.778. The molecule has 0 aromatic rings. The number of likely N-dealkylation sites (N-methyl/N-ethyl adjacent to an activating group) is 3. The summed E-state index contributed by atoms with van der Waals surface area (Å²) < 4.78 is 0. The fourth-order valence-electron chi connectivity index (χ4n) is 1.39. The van der Waals surface area contributed by atoms with Gasteiger partial charge in [-0.25, -0.2) is 0 Å². The molecule has 0 aliphatic carbocycles. The Morgan fingerprint density at radius 2 is 1.92 bits per heavy atom. The molecule has 4 N–H and O–H groups in total. The average molecular weight is 187 g/mol. The Balaban J connectivity index is 4.23. The van der Waals surface area contributed by atoms with Crippen LogP contribution in [0.15, 0.2) is 12.3 Å². The summed E-state index contributed by atoms with van der Waals surface area (Å²) in [6.07, 6.45) is 0.711. The molecule has 0 spiro atoms. The fourth-order valence-corrected chi connectivity index (χ4v) is 1.39. The molecule has 0 saturated heterocycles. The van der Waals surface area contributed by atoms with E-state index in [2.05, 4.69) is 22.5 Å². The Kier molecular flexibility index (Phi) is 6.58. The van der Waals surface area contributed by atoms with Crippen LogP contribution < -0.4 is 16.0 Å². The molecule has 0 amide bonds. The lowest BCUT2D eigenvalue weighted by atomic mass is 10.0. The molecule has 4 heteroatoms. The summed E-state index contributed by atoms with van der Waals surface area (Å²) in [4.78, 5) is 0. The first-order valence-electron chi connectivity index (χ1n) is 4.53. The first kappa shape index (κ1) is 12.4. The van der Waals surface area contributed by atoms with E-state index in [1.807, 2.05) is 21.1 Å². The Labute approximate surface area is 80.4 Å². The van der Waals surface area contributed by atoms with Crippen molar-refractivity contribution in [3.8, 4) is 0 Å². The molecule has 78 valence electrons. The molecule has 0 radical (unpaired) electrons. The van der Waals surface area contributed by atoms with Gasteiger partial charge in [0.2, 0.25) is 0 Å². The highest BCUT2D eigenvalue weighted by molar-refractivity contribution is 5.06. The van der Waals surface area contributed by atoms with Gasteiger partial charge in [0.15, 0.2) is 0 Å². The van der Waals surface area contributed by atoms with Gasteiger partial charge in [-0.2, -0.15) is 0 Å². The molecule has 0 bridgehead atoms. The third-order valence-corrected chi connectivity index (χ3v) is 2.22. The van der Waals surface area contributed by atoms with Crippen LogP contribution in [0.4, 0.5) is 0 Å². The number of aliphatic hydroxyl groups excluding tert-OH is 1. The van der Waals surface area contributed by atoms with Gasteiger partial charge in [0.05, 0.1) is 6.04 Å². The van der Waals surface area contributed by atoms with Crippen LogP contribution in [-0.4, -0.2) is 44.9 Å². The summed E-state index contributed by atoms with van der Waals surface area (Å²) in [5, 5.41) is 18.2. The van der Waals surface area contributed by atoms with Crippen LogP contribution in [0.3, 0.4) is 0 Å². The summed E-state index contributed by atoms with van der Waals surface area (Å²) >= 11 is 0. The Hall–Kier alpha value is -0.580. The van der Waals surface area contributed by atoms with Crippen LogP contribution in [0, 0.1) is 0 Å². The second kappa shape index (κ2) is 6.88. The van der Waals surface area contributed by atoms with Crippen LogP contribution in [0.2, 0.25) is 0 Å². The second-order valence-electron chi connectivity index (χ2n) is 2.95. The second-order valence-corrected chi connectivity index (χ2v) is 2.95. The molecule has 0 heterocycles. The molecule has 0 aliphatic heterocycles. The van der Waals surface area contributed by atoms with Crippen molar-refractivity contribution in [2.45, 2.75) is 18.5 Å². The zero-order valence-corrected chi connectivity index (χ0v) is 8.72. The van der Waals surface area contributed by atoms with E-state index in [4.69, 9.17) is 5.11 Å². The molecular formula is C9H21N3O. The Morgan fingerprint density at radius 3 is 2.23 bits per heavy atom. The third kappa shape index (κ3) is 3.76. The maximum absolute atomic E-state index is 8.85. The first-order valence-corrected chi connectivity index (χ1v) is 4.53. The molecule has 4 nitrogen and oxygen atoms in total. The van der Waals surface area contributed by atoms with Gasteiger partial charge in [0.1, 0.15) is 0 Å². The topological polar surface area (TPSA) is 56.3 Å². The first-order chi connectivity index (χ1) is 6.21. The van der Waals surface area contributed by atoms with E-state index >= 15 is 0 Å². The van der Waals surface area contributed by atoms with Gasteiger partial charge in [0.25, 0.3) is 0 Å². The highest BCUT2D eigenvalue weighted by Gasteiger charge is 2.19. The van der Waals surface area contributed by atoms with Crippen molar-refractivity contribution >= 4 is 0 Å². The lowest BCUT2D eigenvalue weighted by molar-refractivity contribution is 0.255. The van der Waals surface area contributed by atoms with Gasteiger partial charge in [-0.1, -0.05) is 6.58 Å². The summed E-state index contributed by atoms with van der Waals surface area (Å²) in [5.74, 6) is 0. The zero-order valence-electron chi connectivity index (χ0n) is 8.72. The van der Waals surface area contributed by atoms with Gasteiger partial charge in [-0.05, 0) is 20.5 Å². The van der Waals surface area contributed by atoms with E-state index in [9.17, 15) is 0 Å². The maximum Gasteiger partial charge on any atom is 0.0617 e. The van der Waals surface area contributed by atoms with E-state index in [0.29, 0.717) is 6.42 Å². The number of aliphatic hydroxyl groups is 1. The Morgan fingerprint density at radius 1 is 1.31 bits per heavy atom. The SMILES string of the molecule is C=C(NC)C(NC)C(CCO)NC. The molecule has 0 saturated carbocycles. The minimum absolute atomic E-state index is 0.141. The monoisotopic (exact) mass is 187 g/mol. The molecule has 2 atom stereocenters. The van der Waals surface area contributed by atoms with E-state index < -0.39 is 0 Å². The molecule has 2 unspecified atom stereocenters. The van der Waals surface area contributed by atoms with Gasteiger partial charge < -0.3 is 21.1 Å². The molecular weight excluding hydrogens is 166 g/mol. The number of hydrogen-bond donors (Lipinski definition) is 4. The van der Waals surface area contributed by atoms with E-state index in [-0.39, 0.29) is 18.7 Å². The lowest BCUT2D eigenvalue weighted by Crippen LogP contribution is -2.49. The summed E-state index contributed by atoms with van der Waals surface area (Å²) in [5.41, 5.74) is 0.926. The van der Waals surface area contributed by atoms with E-state index in [1.54, 1.807) is 0 Å². The smallest absolute Gasteiger partial charge is 0.0617 e. The van der Waals surface area contributed by atoms with Crippen molar-refractivity contribution in [1.82, 2.24) is 16.0 Å². The molecule has 0 aliphatic rings. The maximum atomic E-state index is 8.85. The normalized spacial score (nSPS) is 15.1. The van der Waals surface area contributed by atoms with Gasteiger partial charge in [-0.3, -0.25) is 0 Å². The number of rotatable bonds is 7. The van der Waals surface area contributed by atoms with Crippen LogP contribution >= 0.6 is 0 Å². The van der Waals surface area contributed by atoms with Gasteiger partial charge in [0, 0.05) is 25.4 Å². The van der Waals surface area contributed by atoms with Crippen molar-refractivity contribution in [1.29, 1.82) is 0 Å². The summed E-state index contributed by atoms with van der Waals surface area (Å²) in [6.45, 7) is 4.08. The van der Waals surface area contributed by atoms with Gasteiger partial charge >= 0.3 is 0 Å². The van der Waals surface area contributed by atoms with Crippen molar-refractivity contribution in [2.24, 2.45) is 0 Å². The van der Waals surface area contributed by atoms with E-state index in [0.717, 1.165) is 5.70 Å². The summed E-state index contributed by atoms with van der Waals surface area (Å²) in [6, 6.07) is 0.345. The quantitative estimate of drug-likeness (QED) is 0.425. The lowest BCUT2D eigenvalue weighted by Gasteiger charge is -2.27. The predicted molar refractivity (Wildman–Crippen MR) is 55.6 cm³/mol. The van der Waals surface area contributed by atoms with Crippen LogP contribution in [0.1, 0.15) is 6.42 Å². The molecule has 0 aromatic heterocycles. The van der Waals surface area contributed by atoms with Crippen LogP contribution in [-0.2, 0) is 0 Å². The Bertz CT molecular complexity index is 150.